The molecule has 1 fully saturated rings. The van der Waals surface area contributed by atoms with Crippen LogP contribution in [0.15, 0.2) is 0 Å². The van der Waals surface area contributed by atoms with Crippen molar-refractivity contribution in [2.75, 3.05) is 5.32 Å². The molecule has 6 nitrogen and oxygen atoms in total. The maximum Gasteiger partial charge on any atom is 0.339 e. The Labute approximate surface area is 124 Å². The third kappa shape index (κ3) is 2.60. The highest BCUT2D eigenvalue weighted by molar-refractivity contribution is 5.95. The number of carboxylic acid groups (broad SMARTS) is 1. The Morgan fingerprint density at radius 1 is 1.33 bits per heavy atom. The summed E-state index contributed by atoms with van der Waals surface area (Å²) in [6.45, 7) is 7.76. The smallest absolute Gasteiger partial charge is 0.339 e. The molecule has 3 N–H and O–H groups in total. The highest BCUT2D eigenvalue weighted by atomic mass is 16.4. The number of aryl methyl sites for hydroxylation is 1. The van der Waals surface area contributed by atoms with E-state index in [1.54, 1.807) is 0 Å². The van der Waals surface area contributed by atoms with Gasteiger partial charge >= 0.3 is 5.97 Å². The van der Waals surface area contributed by atoms with E-state index in [0.29, 0.717) is 25.1 Å². The van der Waals surface area contributed by atoms with Crippen molar-refractivity contribution in [2.45, 2.75) is 59.1 Å². The molecule has 1 aliphatic rings. The van der Waals surface area contributed by atoms with E-state index < -0.39 is 5.97 Å². The fourth-order valence-corrected chi connectivity index (χ4v) is 2.82. The molecule has 0 spiro atoms. The molecule has 0 amide bonds. The molecule has 6 heteroatoms. The molecule has 0 radical (unpaired) electrons. The Kier molecular flexibility index (Phi) is 4.18. The molecule has 2 atom stereocenters. The lowest BCUT2D eigenvalue weighted by Crippen LogP contribution is -2.57. The zero-order chi connectivity index (χ0) is 15.8. The lowest BCUT2D eigenvalue weighted by Gasteiger charge is -2.49. The van der Waals surface area contributed by atoms with E-state index in [4.69, 9.17) is 0 Å². The summed E-state index contributed by atoms with van der Waals surface area (Å²) < 4.78 is 0. The van der Waals surface area contributed by atoms with Gasteiger partial charge in [-0.3, -0.25) is 0 Å². The third-order valence-corrected chi connectivity index (χ3v) is 4.59. The number of carbonyl (C=O) groups is 1. The van der Waals surface area contributed by atoms with Gasteiger partial charge in [0.05, 0.1) is 11.8 Å². The first kappa shape index (κ1) is 15.7. The van der Waals surface area contributed by atoms with Gasteiger partial charge in [-0.1, -0.05) is 27.7 Å². The average Bonchev–Trinajstić information content (AvgIpc) is 2.45. The minimum Gasteiger partial charge on any atom is -0.478 e. The summed E-state index contributed by atoms with van der Waals surface area (Å²) in [5, 5.41) is 30.7. The number of hydrogen-bond donors (Lipinski definition) is 3. The molecule has 1 aliphatic carbocycles. The van der Waals surface area contributed by atoms with Gasteiger partial charge < -0.3 is 15.5 Å². The highest BCUT2D eigenvalue weighted by Crippen LogP contribution is 2.42. The molecule has 0 bridgehead atoms. The van der Waals surface area contributed by atoms with E-state index >= 15 is 0 Å². The molecular weight excluding hydrogens is 270 g/mol. The average molecular weight is 293 g/mol. The molecule has 0 aliphatic heterocycles. The van der Waals surface area contributed by atoms with Gasteiger partial charge in [0, 0.05) is 11.5 Å². The number of aliphatic hydroxyl groups is 1. The van der Waals surface area contributed by atoms with Crippen molar-refractivity contribution in [2.24, 2.45) is 5.41 Å². The predicted octanol–water partition coefficient (Wildman–Crippen LogP) is 1.87. The topological polar surface area (TPSA) is 95.3 Å². The van der Waals surface area contributed by atoms with Crippen LogP contribution in [0.3, 0.4) is 0 Å². The van der Waals surface area contributed by atoms with Crippen LogP contribution in [0.5, 0.6) is 0 Å². The Bertz CT molecular complexity index is 557. The fraction of sp³-hybridized carbons (Fsp3) is 0.667. The minimum atomic E-state index is -0.989. The monoisotopic (exact) mass is 293 g/mol. The van der Waals surface area contributed by atoms with Crippen LogP contribution in [0.2, 0.25) is 0 Å². The number of hydrogen-bond acceptors (Lipinski definition) is 5. The van der Waals surface area contributed by atoms with Gasteiger partial charge in [-0.2, -0.15) is 5.10 Å². The number of aromatic carboxylic acids is 1. The first-order valence-electron chi connectivity index (χ1n) is 7.39. The molecule has 0 aromatic carbocycles. The Balaban J connectivity index is 2.38. The maximum atomic E-state index is 11.6. The molecule has 1 aromatic heterocycles. The molecule has 21 heavy (non-hydrogen) atoms. The molecule has 0 saturated heterocycles. The minimum absolute atomic E-state index is 0.00270. The van der Waals surface area contributed by atoms with Crippen LogP contribution in [-0.2, 0) is 12.8 Å². The summed E-state index contributed by atoms with van der Waals surface area (Å²) in [5.74, 6) is -0.682. The van der Waals surface area contributed by atoms with Crippen molar-refractivity contribution in [1.29, 1.82) is 0 Å². The van der Waals surface area contributed by atoms with Crippen LogP contribution in [0.25, 0.3) is 0 Å². The number of rotatable bonds is 5. The fourth-order valence-electron chi connectivity index (χ4n) is 2.82. The van der Waals surface area contributed by atoms with E-state index in [9.17, 15) is 15.0 Å². The van der Waals surface area contributed by atoms with Crippen LogP contribution in [-0.4, -0.2) is 38.5 Å². The van der Waals surface area contributed by atoms with Crippen molar-refractivity contribution in [1.82, 2.24) is 10.2 Å². The third-order valence-electron chi connectivity index (χ3n) is 4.59. The lowest BCUT2D eigenvalue weighted by atomic mass is 9.64. The zero-order valence-electron chi connectivity index (χ0n) is 13.0. The van der Waals surface area contributed by atoms with Crippen LogP contribution >= 0.6 is 0 Å². The van der Waals surface area contributed by atoms with Gasteiger partial charge in [0.1, 0.15) is 5.56 Å². The standard InChI is InChI=1S/C15H23N3O3/c1-5-8-9(6-2)17-18-13(12(8)14(20)21)16-10-7-11(19)15(10,3)4/h10-11,19H,5-7H2,1-4H3,(H,16,18)(H,20,21). The van der Waals surface area contributed by atoms with Gasteiger partial charge in [-0.05, 0) is 24.8 Å². The van der Waals surface area contributed by atoms with Crippen LogP contribution in [0, 0.1) is 5.41 Å². The number of aliphatic hydroxyl groups excluding tert-OH is 1. The molecule has 2 unspecified atom stereocenters. The SMILES string of the molecule is CCc1nnc(NC2CC(O)C2(C)C)c(C(=O)O)c1CC. The molecule has 1 aromatic rings. The molecule has 1 saturated carbocycles. The van der Waals surface area contributed by atoms with Gasteiger partial charge in [-0.25, -0.2) is 4.79 Å². The summed E-state index contributed by atoms with van der Waals surface area (Å²) in [4.78, 5) is 11.6. The Hall–Kier alpha value is -1.69. The Morgan fingerprint density at radius 3 is 2.43 bits per heavy atom. The summed E-state index contributed by atoms with van der Waals surface area (Å²) in [6, 6.07) is -0.00270. The summed E-state index contributed by atoms with van der Waals surface area (Å²) >= 11 is 0. The largest absolute Gasteiger partial charge is 0.478 e. The highest BCUT2D eigenvalue weighted by Gasteiger charge is 2.47. The zero-order valence-corrected chi connectivity index (χ0v) is 13.0. The molecular formula is C15H23N3O3. The Morgan fingerprint density at radius 2 is 2.00 bits per heavy atom. The van der Waals surface area contributed by atoms with Crippen molar-refractivity contribution in [3.8, 4) is 0 Å². The van der Waals surface area contributed by atoms with Crippen molar-refractivity contribution < 1.29 is 15.0 Å². The van der Waals surface area contributed by atoms with Gasteiger partial charge in [0.15, 0.2) is 5.82 Å². The first-order valence-corrected chi connectivity index (χ1v) is 7.39. The van der Waals surface area contributed by atoms with E-state index in [1.165, 1.54) is 0 Å². The van der Waals surface area contributed by atoms with Gasteiger partial charge in [0.2, 0.25) is 0 Å². The maximum absolute atomic E-state index is 11.6. The predicted molar refractivity (Wildman–Crippen MR) is 79.6 cm³/mol. The summed E-state index contributed by atoms with van der Waals surface area (Å²) in [6.07, 6.45) is 1.47. The number of anilines is 1. The summed E-state index contributed by atoms with van der Waals surface area (Å²) in [7, 11) is 0. The molecule has 116 valence electrons. The van der Waals surface area contributed by atoms with Crippen molar-refractivity contribution in [3.05, 3.63) is 16.8 Å². The number of aromatic nitrogens is 2. The second-order valence-corrected chi connectivity index (χ2v) is 6.13. The first-order chi connectivity index (χ1) is 9.82. The number of nitrogens with zero attached hydrogens (tertiary/aromatic N) is 2. The molecule has 1 heterocycles. The van der Waals surface area contributed by atoms with Gasteiger partial charge in [-0.15, -0.1) is 5.10 Å². The van der Waals surface area contributed by atoms with Gasteiger partial charge in [0.25, 0.3) is 0 Å². The van der Waals surface area contributed by atoms with E-state index in [1.807, 2.05) is 27.7 Å². The second kappa shape index (κ2) is 5.60. The quantitative estimate of drug-likeness (QED) is 0.767. The van der Waals surface area contributed by atoms with Crippen LogP contribution in [0.1, 0.15) is 55.7 Å². The van der Waals surface area contributed by atoms with E-state index in [0.717, 1.165) is 11.3 Å². The molecule has 2 rings (SSSR count). The normalized spacial score (nSPS) is 23.5. The van der Waals surface area contributed by atoms with E-state index in [2.05, 4.69) is 15.5 Å². The number of carboxylic acids is 1. The lowest BCUT2D eigenvalue weighted by molar-refractivity contribution is -0.0512. The number of nitrogens with one attached hydrogen (secondary N) is 1. The van der Waals surface area contributed by atoms with Crippen molar-refractivity contribution >= 4 is 11.8 Å². The summed E-state index contributed by atoms with van der Waals surface area (Å²) in [5.41, 5.74) is 1.38. The van der Waals surface area contributed by atoms with Crippen LogP contribution in [0.4, 0.5) is 5.82 Å². The van der Waals surface area contributed by atoms with Crippen molar-refractivity contribution in [3.63, 3.8) is 0 Å². The second-order valence-electron chi connectivity index (χ2n) is 6.13. The van der Waals surface area contributed by atoms with E-state index in [-0.39, 0.29) is 23.1 Å². The van der Waals surface area contributed by atoms with Crippen LogP contribution < -0.4 is 5.32 Å².